The monoisotopic (exact) mass is 193 g/mol. The van der Waals surface area contributed by atoms with Crippen molar-refractivity contribution >= 4 is 5.97 Å². The van der Waals surface area contributed by atoms with Gasteiger partial charge in [-0.2, -0.15) is 5.10 Å². The molecule has 0 amide bonds. The molecule has 0 atom stereocenters. The molecule has 0 aromatic carbocycles. The summed E-state index contributed by atoms with van der Waals surface area (Å²) in [7, 11) is 0. The lowest BCUT2D eigenvalue weighted by molar-refractivity contribution is 0.0690. The van der Waals surface area contributed by atoms with E-state index in [1.165, 1.54) is 12.3 Å². The van der Waals surface area contributed by atoms with Crippen molar-refractivity contribution in [1.29, 1.82) is 0 Å². The second kappa shape index (κ2) is 2.99. The Kier molecular flexibility index (Phi) is 1.81. The van der Waals surface area contributed by atoms with Gasteiger partial charge < -0.3 is 9.52 Å². The average molecular weight is 193 g/mol. The Bertz CT molecular complexity index is 472. The van der Waals surface area contributed by atoms with Crippen LogP contribution in [0, 0.1) is 6.92 Å². The van der Waals surface area contributed by atoms with Gasteiger partial charge >= 0.3 is 5.97 Å². The summed E-state index contributed by atoms with van der Waals surface area (Å²) >= 11 is 0. The van der Waals surface area contributed by atoms with E-state index in [1.54, 1.807) is 6.92 Å². The summed E-state index contributed by atoms with van der Waals surface area (Å²) in [6.07, 6.45) is 1.48. The van der Waals surface area contributed by atoms with E-state index in [9.17, 15) is 4.79 Å². The Labute approximate surface area is 78.6 Å². The van der Waals surface area contributed by atoms with Crippen LogP contribution in [0.25, 0.3) is 11.6 Å². The third-order valence-corrected chi connectivity index (χ3v) is 1.65. The first kappa shape index (κ1) is 8.49. The molecule has 0 aliphatic carbocycles. The van der Waals surface area contributed by atoms with Gasteiger partial charge in [0, 0.05) is 6.07 Å². The molecule has 0 aliphatic heterocycles. The number of hydrogen-bond donors (Lipinski definition) is 2. The second-order valence-corrected chi connectivity index (χ2v) is 2.77. The lowest BCUT2D eigenvalue weighted by atomic mass is 10.3. The summed E-state index contributed by atoms with van der Waals surface area (Å²) in [6.45, 7) is 1.78. The van der Waals surface area contributed by atoms with E-state index in [2.05, 4.69) is 15.2 Å². The highest BCUT2D eigenvalue weighted by Gasteiger charge is 2.12. The van der Waals surface area contributed by atoms with E-state index in [0.717, 1.165) is 5.69 Å². The quantitative estimate of drug-likeness (QED) is 0.744. The van der Waals surface area contributed by atoms with Crippen LogP contribution in [0.1, 0.15) is 16.2 Å². The number of aromatic nitrogens is 3. The standard InChI is InChI=1S/C8H7N3O3/c1-4-3-14-7(9-4)5-2-6(8(12)13)11-10-5/h2-3H,1H3,(H,10,11)(H,12,13). The van der Waals surface area contributed by atoms with Crippen LogP contribution in [0.2, 0.25) is 0 Å². The third-order valence-electron chi connectivity index (χ3n) is 1.65. The molecule has 2 rings (SSSR count). The van der Waals surface area contributed by atoms with Crippen LogP contribution < -0.4 is 0 Å². The van der Waals surface area contributed by atoms with Gasteiger partial charge in [-0.25, -0.2) is 9.78 Å². The average Bonchev–Trinajstić information content (AvgIpc) is 2.70. The topological polar surface area (TPSA) is 92.0 Å². The summed E-state index contributed by atoms with van der Waals surface area (Å²) in [5.41, 5.74) is 1.12. The van der Waals surface area contributed by atoms with Gasteiger partial charge in [-0.15, -0.1) is 0 Å². The molecule has 14 heavy (non-hydrogen) atoms. The molecule has 0 bridgehead atoms. The van der Waals surface area contributed by atoms with Crippen molar-refractivity contribution in [2.45, 2.75) is 6.92 Å². The lowest BCUT2D eigenvalue weighted by Gasteiger charge is -1.84. The maximum absolute atomic E-state index is 10.5. The Morgan fingerprint density at radius 2 is 2.43 bits per heavy atom. The number of oxazole rings is 1. The highest BCUT2D eigenvalue weighted by molar-refractivity contribution is 5.86. The zero-order valence-corrected chi connectivity index (χ0v) is 7.31. The van der Waals surface area contributed by atoms with Crippen LogP contribution >= 0.6 is 0 Å². The second-order valence-electron chi connectivity index (χ2n) is 2.77. The minimum atomic E-state index is -1.09. The van der Waals surface area contributed by atoms with Crippen molar-refractivity contribution in [1.82, 2.24) is 15.2 Å². The minimum absolute atomic E-state index is 0.0594. The molecule has 0 aliphatic rings. The molecule has 2 aromatic heterocycles. The van der Waals surface area contributed by atoms with Crippen LogP contribution in [0.15, 0.2) is 16.7 Å². The zero-order valence-electron chi connectivity index (χ0n) is 7.31. The highest BCUT2D eigenvalue weighted by Crippen LogP contribution is 2.16. The summed E-state index contributed by atoms with van der Waals surface area (Å²) in [5.74, 6) is -0.752. The number of aryl methyl sites for hydroxylation is 1. The van der Waals surface area contributed by atoms with E-state index in [0.29, 0.717) is 11.6 Å². The van der Waals surface area contributed by atoms with Crippen LogP contribution in [0.3, 0.4) is 0 Å². The van der Waals surface area contributed by atoms with E-state index >= 15 is 0 Å². The van der Waals surface area contributed by atoms with Gasteiger partial charge in [0.1, 0.15) is 12.0 Å². The zero-order chi connectivity index (χ0) is 10.1. The molecule has 2 aromatic rings. The lowest BCUT2D eigenvalue weighted by Crippen LogP contribution is -1.95. The predicted octanol–water partition coefficient (Wildman–Crippen LogP) is 1.07. The number of H-pyrrole nitrogens is 1. The molecule has 2 N–H and O–H groups in total. The van der Waals surface area contributed by atoms with E-state index in [-0.39, 0.29) is 5.69 Å². The van der Waals surface area contributed by atoms with Gasteiger partial charge in [0.05, 0.1) is 5.69 Å². The van der Waals surface area contributed by atoms with Crippen LogP contribution in [0.5, 0.6) is 0 Å². The molecule has 0 saturated heterocycles. The molecule has 6 nitrogen and oxygen atoms in total. The number of aromatic amines is 1. The van der Waals surface area contributed by atoms with E-state index < -0.39 is 5.97 Å². The number of carboxylic acids is 1. The molecule has 0 spiro atoms. The predicted molar refractivity (Wildman–Crippen MR) is 45.8 cm³/mol. The van der Waals surface area contributed by atoms with E-state index in [1.807, 2.05) is 0 Å². The maximum Gasteiger partial charge on any atom is 0.356 e. The molecular formula is C8H7N3O3. The number of nitrogens with one attached hydrogen (secondary N) is 1. The van der Waals surface area contributed by atoms with Crippen molar-refractivity contribution in [3.05, 3.63) is 23.7 Å². The Morgan fingerprint density at radius 1 is 1.64 bits per heavy atom. The van der Waals surface area contributed by atoms with Gasteiger partial charge in [-0.3, -0.25) is 5.10 Å². The number of nitrogens with zero attached hydrogens (tertiary/aromatic N) is 2. The van der Waals surface area contributed by atoms with Crippen molar-refractivity contribution in [2.24, 2.45) is 0 Å². The number of carbonyl (C=O) groups is 1. The van der Waals surface area contributed by atoms with Crippen LogP contribution in [-0.4, -0.2) is 26.3 Å². The highest BCUT2D eigenvalue weighted by atomic mass is 16.4. The Morgan fingerprint density at radius 3 is 2.93 bits per heavy atom. The molecule has 72 valence electrons. The van der Waals surface area contributed by atoms with Crippen molar-refractivity contribution in [3.63, 3.8) is 0 Å². The SMILES string of the molecule is Cc1coc(-c2cc(C(=O)O)n[nH]2)n1. The fourth-order valence-corrected chi connectivity index (χ4v) is 1.02. The first-order valence-corrected chi connectivity index (χ1v) is 3.88. The molecule has 0 unspecified atom stereocenters. The Balaban J connectivity index is 2.38. The number of carboxylic acid groups (broad SMARTS) is 1. The molecule has 6 heteroatoms. The van der Waals surface area contributed by atoms with Gasteiger partial charge in [-0.05, 0) is 6.92 Å². The fourth-order valence-electron chi connectivity index (χ4n) is 1.02. The first-order valence-electron chi connectivity index (χ1n) is 3.88. The smallest absolute Gasteiger partial charge is 0.356 e. The normalized spacial score (nSPS) is 10.4. The van der Waals surface area contributed by atoms with E-state index in [4.69, 9.17) is 9.52 Å². The number of hydrogen-bond acceptors (Lipinski definition) is 4. The van der Waals surface area contributed by atoms with Crippen molar-refractivity contribution in [2.75, 3.05) is 0 Å². The Hall–Kier alpha value is -2.11. The summed E-state index contributed by atoms with van der Waals surface area (Å²) in [4.78, 5) is 14.5. The van der Waals surface area contributed by atoms with Gasteiger partial charge in [0.25, 0.3) is 0 Å². The van der Waals surface area contributed by atoms with Gasteiger partial charge in [0.2, 0.25) is 5.89 Å². The largest absolute Gasteiger partial charge is 0.476 e. The third kappa shape index (κ3) is 1.37. The van der Waals surface area contributed by atoms with Crippen LogP contribution in [0.4, 0.5) is 0 Å². The summed E-state index contributed by atoms with van der Waals surface area (Å²) in [6, 6.07) is 1.37. The molecule has 0 radical (unpaired) electrons. The molecule has 0 fully saturated rings. The van der Waals surface area contributed by atoms with Gasteiger partial charge in [0.15, 0.2) is 5.69 Å². The molecule has 0 saturated carbocycles. The van der Waals surface area contributed by atoms with Crippen molar-refractivity contribution < 1.29 is 14.3 Å². The van der Waals surface area contributed by atoms with Crippen molar-refractivity contribution in [3.8, 4) is 11.6 Å². The summed E-state index contributed by atoms with van der Waals surface area (Å²) in [5, 5.41) is 14.7. The fraction of sp³-hybridized carbons (Fsp3) is 0.125. The number of rotatable bonds is 2. The number of aromatic carboxylic acids is 1. The maximum atomic E-state index is 10.5. The van der Waals surface area contributed by atoms with Gasteiger partial charge in [-0.1, -0.05) is 0 Å². The molecule has 2 heterocycles. The molecular weight excluding hydrogens is 186 g/mol. The minimum Gasteiger partial charge on any atom is -0.476 e. The summed E-state index contributed by atoms with van der Waals surface area (Å²) < 4.78 is 5.07. The van der Waals surface area contributed by atoms with Crippen LogP contribution in [-0.2, 0) is 0 Å². The first-order chi connectivity index (χ1) is 6.66.